The summed E-state index contributed by atoms with van der Waals surface area (Å²) in [6.07, 6.45) is -0.984. The monoisotopic (exact) mass is 387 g/mol. The Balaban J connectivity index is 1.89. The van der Waals surface area contributed by atoms with Crippen LogP contribution in [-0.2, 0) is 14.3 Å². The molecule has 150 valence electrons. The Labute approximate surface area is 164 Å². The third kappa shape index (κ3) is 5.64. The minimum atomic E-state index is -0.984. The molecule has 0 heterocycles. The second-order valence-electron chi connectivity index (χ2n) is 6.25. The van der Waals surface area contributed by atoms with Gasteiger partial charge in [-0.1, -0.05) is 12.1 Å². The Morgan fingerprint density at radius 3 is 2.36 bits per heavy atom. The van der Waals surface area contributed by atoms with Crippen LogP contribution in [0.2, 0.25) is 0 Å². The number of benzene rings is 2. The van der Waals surface area contributed by atoms with Crippen LogP contribution < -0.4 is 19.5 Å². The van der Waals surface area contributed by atoms with Gasteiger partial charge in [0.15, 0.2) is 24.2 Å². The number of ether oxygens (including phenoxy) is 4. The molecule has 0 saturated carbocycles. The fourth-order valence-corrected chi connectivity index (χ4v) is 2.44. The quantitative estimate of drug-likeness (QED) is 0.700. The lowest BCUT2D eigenvalue weighted by Gasteiger charge is -2.15. The molecule has 0 saturated heterocycles. The van der Waals surface area contributed by atoms with Crippen LogP contribution in [0.1, 0.15) is 18.1 Å². The van der Waals surface area contributed by atoms with Crippen LogP contribution in [0, 0.1) is 13.8 Å². The van der Waals surface area contributed by atoms with E-state index in [1.54, 1.807) is 18.2 Å². The summed E-state index contributed by atoms with van der Waals surface area (Å²) in [6.45, 7) is 5.04. The van der Waals surface area contributed by atoms with Gasteiger partial charge in [0.05, 0.1) is 14.2 Å². The lowest BCUT2D eigenvalue weighted by Crippen LogP contribution is -2.31. The molecule has 0 radical (unpaired) electrons. The molecule has 0 bridgehead atoms. The third-order valence-corrected chi connectivity index (χ3v) is 4.02. The maximum atomic E-state index is 12.3. The summed E-state index contributed by atoms with van der Waals surface area (Å²) in [4.78, 5) is 24.3. The molecule has 1 unspecified atom stereocenters. The topological polar surface area (TPSA) is 83.1 Å². The first kappa shape index (κ1) is 21.1. The fourth-order valence-electron chi connectivity index (χ4n) is 2.44. The van der Waals surface area contributed by atoms with Gasteiger partial charge < -0.3 is 24.3 Å². The van der Waals surface area contributed by atoms with E-state index < -0.39 is 18.0 Å². The molecule has 2 aromatic carbocycles. The Morgan fingerprint density at radius 2 is 1.68 bits per heavy atom. The standard InChI is InChI=1S/C21H25NO6/c1-13-6-7-14(2)18(10-13)27-12-20(23)28-15(3)21(24)22-16-8-9-17(25-4)19(11-16)26-5/h6-11,15H,12H2,1-5H3,(H,22,24). The number of anilines is 1. The first-order valence-electron chi connectivity index (χ1n) is 8.76. The first-order valence-corrected chi connectivity index (χ1v) is 8.76. The summed E-state index contributed by atoms with van der Waals surface area (Å²) in [5.74, 6) is 0.540. The summed E-state index contributed by atoms with van der Waals surface area (Å²) >= 11 is 0. The van der Waals surface area contributed by atoms with Gasteiger partial charge in [0.2, 0.25) is 0 Å². The average molecular weight is 387 g/mol. The van der Waals surface area contributed by atoms with E-state index in [2.05, 4.69) is 5.32 Å². The third-order valence-electron chi connectivity index (χ3n) is 4.02. The Hall–Kier alpha value is -3.22. The summed E-state index contributed by atoms with van der Waals surface area (Å²) < 4.78 is 21.0. The SMILES string of the molecule is COc1ccc(NC(=O)C(C)OC(=O)COc2cc(C)ccc2C)cc1OC. The summed E-state index contributed by atoms with van der Waals surface area (Å²) in [7, 11) is 3.03. The highest BCUT2D eigenvalue weighted by atomic mass is 16.6. The number of amides is 1. The zero-order chi connectivity index (χ0) is 20.7. The molecule has 1 amide bonds. The number of hydrogen-bond donors (Lipinski definition) is 1. The van der Waals surface area contributed by atoms with E-state index in [9.17, 15) is 9.59 Å². The molecular weight excluding hydrogens is 362 g/mol. The van der Waals surface area contributed by atoms with E-state index in [1.165, 1.54) is 21.1 Å². The normalized spacial score (nSPS) is 11.3. The van der Waals surface area contributed by atoms with Crippen molar-refractivity contribution in [1.82, 2.24) is 0 Å². The van der Waals surface area contributed by atoms with Crippen LogP contribution >= 0.6 is 0 Å². The molecule has 7 nitrogen and oxygen atoms in total. The van der Waals surface area contributed by atoms with Crippen molar-refractivity contribution in [3.8, 4) is 17.2 Å². The van der Waals surface area contributed by atoms with Gasteiger partial charge in [-0.25, -0.2) is 4.79 Å². The van der Waals surface area contributed by atoms with Crippen molar-refractivity contribution in [3.63, 3.8) is 0 Å². The number of aryl methyl sites for hydroxylation is 2. The molecule has 1 N–H and O–H groups in total. The van der Waals surface area contributed by atoms with Crippen molar-refractivity contribution in [3.05, 3.63) is 47.5 Å². The molecule has 2 rings (SSSR count). The molecule has 0 aliphatic carbocycles. The molecular formula is C21H25NO6. The van der Waals surface area contributed by atoms with Crippen LogP contribution in [0.3, 0.4) is 0 Å². The van der Waals surface area contributed by atoms with Gasteiger partial charge >= 0.3 is 5.97 Å². The molecule has 0 aromatic heterocycles. The van der Waals surface area contributed by atoms with E-state index in [0.29, 0.717) is 22.9 Å². The van der Waals surface area contributed by atoms with E-state index in [-0.39, 0.29) is 6.61 Å². The van der Waals surface area contributed by atoms with Gasteiger partial charge in [-0.2, -0.15) is 0 Å². The van der Waals surface area contributed by atoms with Crippen molar-refractivity contribution in [2.24, 2.45) is 0 Å². The van der Waals surface area contributed by atoms with Gasteiger partial charge in [0, 0.05) is 11.8 Å². The van der Waals surface area contributed by atoms with Gasteiger partial charge in [0.25, 0.3) is 5.91 Å². The lowest BCUT2D eigenvalue weighted by molar-refractivity contribution is -0.155. The van der Waals surface area contributed by atoms with Crippen molar-refractivity contribution >= 4 is 17.6 Å². The summed E-state index contributed by atoms with van der Waals surface area (Å²) in [5.41, 5.74) is 2.44. The average Bonchev–Trinajstić information content (AvgIpc) is 2.68. The van der Waals surface area contributed by atoms with Crippen molar-refractivity contribution in [2.45, 2.75) is 26.9 Å². The van der Waals surface area contributed by atoms with Crippen LogP contribution in [0.25, 0.3) is 0 Å². The highest BCUT2D eigenvalue weighted by Gasteiger charge is 2.19. The van der Waals surface area contributed by atoms with E-state index in [4.69, 9.17) is 18.9 Å². The number of carbonyl (C=O) groups is 2. The molecule has 2 aromatic rings. The maximum Gasteiger partial charge on any atom is 0.344 e. The molecule has 1 atom stereocenters. The smallest absolute Gasteiger partial charge is 0.344 e. The Morgan fingerprint density at radius 1 is 0.964 bits per heavy atom. The highest BCUT2D eigenvalue weighted by molar-refractivity contribution is 5.95. The predicted octanol–water partition coefficient (Wildman–Crippen LogP) is 3.27. The van der Waals surface area contributed by atoms with Gasteiger partial charge in [0.1, 0.15) is 5.75 Å². The van der Waals surface area contributed by atoms with E-state index >= 15 is 0 Å². The molecule has 0 spiro atoms. The lowest BCUT2D eigenvalue weighted by atomic mass is 10.1. The second kappa shape index (κ2) is 9.64. The van der Waals surface area contributed by atoms with Crippen LogP contribution in [-0.4, -0.2) is 38.8 Å². The molecule has 7 heteroatoms. The minimum Gasteiger partial charge on any atom is -0.493 e. The highest BCUT2D eigenvalue weighted by Crippen LogP contribution is 2.29. The van der Waals surface area contributed by atoms with Crippen LogP contribution in [0.5, 0.6) is 17.2 Å². The van der Waals surface area contributed by atoms with Crippen molar-refractivity contribution in [2.75, 3.05) is 26.1 Å². The zero-order valence-electron chi connectivity index (χ0n) is 16.7. The van der Waals surface area contributed by atoms with Crippen LogP contribution in [0.15, 0.2) is 36.4 Å². The second-order valence-corrected chi connectivity index (χ2v) is 6.25. The van der Waals surface area contributed by atoms with Gasteiger partial charge in [-0.15, -0.1) is 0 Å². The Kier molecular flexibility index (Phi) is 7.26. The molecule has 0 fully saturated rings. The number of esters is 1. The Bertz CT molecular complexity index is 849. The number of nitrogens with one attached hydrogen (secondary N) is 1. The summed E-state index contributed by atoms with van der Waals surface area (Å²) in [6, 6.07) is 10.7. The van der Waals surface area contributed by atoms with Crippen molar-refractivity contribution < 1.29 is 28.5 Å². The zero-order valence-corrected chi connectivity index (χ0v) is 16.7. The van der Waals surface area contributed by atoms with E-state index in [0.717, 1.165) is 11.1 Å². The largest absolute Gasteiger partial charge is 0.493 e. The number of rotatable bonds is 8. The van der Waals surface area contributed by atoms with Crippen LogP contribution in [0.4, 0.5) is 5.69 Å². The maximum absolute atomic E-state index is 12.3. The predicted molar refractivity (Wildman–Crippen MR) is 105 cm³/mol. The number of carbonyl (C=O) groups excluding carboxylic acids is 2. The molecule has 28 heavy (non-hydrogen) atoms. The first-order chi connectivity index (χ1) is 13.3. The molecule has 0 aliphatic heterocycles. The minimum absolute atomic E-state index is 0.279. The van der Waals surface area contributed by atoms with E-state index in [1.807, 2.05) is 32.0 Å². The fraction of sp³-hybridized carbons (Fsp3) is 0.333. The van der Waals surface area contributed by atoms with Gasteiger partial charge in [-0.05, 0) is 50.1 Å². The molecule has 0 aliphatic rings. The number of hydrogen-bond acceptors (Lipinski definition) is 6. The number of methoxy groups -OCH3 is 2. The van der Waals surface area contributed by atoms with Gasteiger partial charge in [-0.3, -0.25) is 4.79 Å². The summed E-state index contributed by atoms with van der Waals surface area (Å²) in [5, 5.41) is 2.67. The van der Waals surface area contributed by atoms with Crippen molar-refractivity contribution in [1.29, 1.82) is 0 Å².